The highest BCUT2D eigenvalue weighted by molar-refractivity contribution is 7.89. The summed E-state index contributed by atoms with van der Waals surface area (Å²) in [5, 5.41) is 11.6. The molecule has 7 heterocycles. The van der Waals surface area contributed by atoms with Gasteiger partial charge in [0.2, 0.25) is 23.6 Å². The smallest absolute Gasteiger partial charge is 0.356 e. The molecule has 2 unspecified atom stereocenters. The van der Waals surface area contributed by atoms with E-state index in [1.807, 2.05) is 31.2 Å². The van der Waals surface area contributed by atoms with Gasteiger partial charge in [0.1, 0.15) is 23.4 Å². The molecule has 9 rings (SSSR count). The topological polar surface area (TPSA) is 377 Å². The van der Waals surface area contributed by atoms with Crippen LogP contribution in [-0.2, 0) is 87.0 Å². The largest absolute Gasteiger partial charge is 0.481 e. The van der Waals surface area contributed by atoms with Crippen LogP contribution in [0, 0.1) is 24.0 Å². The average Bonchev–Trinajstić information content (AvgIpc) is 1.49. The number of unbranched alkanes of at least 4 members (excludes halogenated alkanes) is 9. The van der Waals surface area contributed by atoms with Crippen LogP contribution in [0.4, 0.5) is 20.3 Å². The number of carbonyl (C=O) groups is 7. The first-order valence-electron chi connectivity index (χ1n) is 33.5. The summed E-state index contributed by atoms with van der Waals surface area (Å²) in [5.41, 5.74) is 5.21. The van der Waals surface area contributed by atoms with Gasteiger partial charge in [0, 0.05) is 118 Å². The SMILES string of the molecule is Cc1ncsc1-c1ccc(CNC(=O)[C@@H]2C[C@@H](OP(=O)(O)OP(=O)(O)OCCNC(=O)CCCCCN3C(=O)C=CC3=O)CN2C(=O)[C@@H](NC(=O)CCCCCCCCCCNC(=O)c2cc3c(cc2CS(C)(=O)=O)-c2cn(C)c(=O)c4[nH]cc(c24)CN3c2ncc(F)cc2F)C(C)(C)C)cc1. The van der Waals surface area contributed by atoms with Crippen LogP contribution in [0.5, 0.6) is 0 Å². The number of likely N-dealkylation sites (tertiary alicyclic amines) is 1. The highest BCUT2D eigenvalue weighted by Gasteiger charge is 2.48. The monoisotopic (exact) mass is 1490 g/mol. The first-order valence-corrected chi connectivity index (χ1v) is 39.5. The van der Waals surface area contributed by atoms with Crippen molar-refractivity contribution in [2.75, 3.05) is 43.9 Å². The minimum absolute atomic E-state index is 0.0194. The first-order chi connectivity index (χ1) is 48.3. The van der Waals surface area contributed by atoms with E-state index in [2.05, 4.69) is 40.5 Å². The Balaban J connectivity index is 0.745. The number of aromatic amines is 1. The second-order valence-corrected chi connectivity index (χ2v) is 32.7. The van der Waals surface area contributed by atoms with Gasteiger partial charge >= 0.3 is 15.6 Å². The third kappa shape index (κ3) is 20.6. The van der Waals surface area contributed by atoms with Crippen molar-refractivity contribution in [3.63, 3.8) is 0 Å². The number of rotatable bonds is 35. The molecule has 0 radical (unpaired) electrons. The summed E-state index contributed by atoms with van der Waals surface area (Å²) < 4.78 is 98.1. The van der Waals surface area contributed by atoms with Crippen molar-refractivity contribution in [2.45, 2.75) is 155 Å². The summed E-state index contributed by atoms with van der Waals surface area (Å²) in [5.74, 6) is -6.26. The van der Waals surface area contributed by atoms with E-state index in [1.54, 1.807) is 51.8 Å². The predicted molar refractivity (Wildman–Crippen MR) is 376 cm³/mol. The molecule has 550 valence electrons. The molecule has 1 fully saturated rings. The van der Waals surface area contributed by atoms with Crippen molar-refractivity contribution in [3.8, 4) is 21.6 Å². The number of thiazole rings is 1. The molecular weight excluding hydrogens is 1410 g/mol. The number of imide groups is 1. The third-order valence-corrected chi connectivity index (χ3v) is 22.1. The fraction of sp³-hybridized carbons (Fsp3) is 0.471. The molecule has 3 aliphatic heterocycles. The molecule has 5 atom stereocenters. The number of nitrogens with one attached hydrogen (secondary N) is 5. The molecular formula is C68H85F2N11O17P2S2. The molecule has 0 saturated carbocycles. The molecule has 0 bridgehead atoms. The van der Waals surface area contributed by atoms with Crippen LogP contribution in [0.1, 0.15) is 143 Å². The van der Waals surface area contributed by atoms with Gasteiger partial charge in [0.05, 0.1) is 53.0 Å². The van der Waals surface area contributed by atoms with Crippen molar-refractivity contribution >= 4 is 101 Å². The number of aryl methyl sites for hydroxylation is 2. The summed E-state index contributed by atoms with van der Waals surface area (Å²) in [7, 11) is -13.0. The van der Waals surface area contributed by atoms with Gasteiger partial charge in [-0.3, -0.25) is 52.3 Å². The normalized spacial score (nSPS) is 16.7. The summed E-state index contributed by atoms with van der Waals surface area (Å²) in [6, 6.07) is 8.60. The zero-order chi connectivity index (χ0) is 73.8. The van der Waals surface area contributed by atoms with Gasteiger partial charge in [0.25, 0.3) is 23.3 Å². The van der Waals surface area contributed by atoms with Crippen LogP contribution in [-0.4, -0.2) is 146 Å². The molecule has 7 N–H and O–H groups in total. The number of hydrogen-bond acceptors (Lipinski definition) is 19. The first kappa shape index (κ1) is 78.0. The molecule has 7 amide bonds. The van der Waals surface area contributed by atoms with Crippen LogP contribution >= 0.6 is 27.0 Å². The minimum Gasteiger partial charge on any atom is -0.356 e. The standard InChI is InChI=1S/C68H85F2N11O17P2S2/c1-42-61(101-41-76-42)44-22-20-43(21-23-44)34-75-65(87)54-32-48(97-100(92,93)98-99(90,91)96-29-27-71-55(82)18-15-13-17-28-79-57(84)24-25-58(79)85)38-81(54)67(89)62(68(2,3)4)77-56(83)19-14-11-9-7-8-10-12-16-26-72-64(86)49-33-53-50(30-45(49)40-102(6,94)95)51-39-78(5)66(88)60-59(51)46(35-73-60)37-80(53)63-52(70)31-47(69)36-74-63/h20-25,30-31,33,35-36,39,41,48,54,62,73H,7-19,26-29,32,34,37-38,40H2,1-6H3,(H,71,82)(H,72,86)(H,75,87)(H,77,83)(H,90,91)(H,92,93)/t48-,54+,62-/m1/s1. The zero-order valence-corrected chi connectivity index (χ0v) is 60.9. The van der Waals surface area contributed by atoms with E-state index in [9.17, 15) is 70.1 Å². The van der Waals surface area contributed by atoms with E-state index in [4.69, 9.17) is 9.05 Å². The summed E-state index contributed by atoms with van der Waals surface area (Å²) >= 11 is 1.48. The van der Waals surface area contributed by atoms with Crippen LogP contribution in [0.15, 0.2) is 83.5 Å². The Bertz CT molecular complexity index is 4430. The number of phosphoric ester groups is 2. The molecule has 4 aromatic heterocycles. The lowest BCUT2D eigenvalue weighted by Crippen LogP contribution is -2.57. The number of halogens is 2. The van der Waals surface area contributed by atoms with E-state index in [0.29, 0.717) is 72.2 Å². The Morgan fingerprint density at radius 1 is 0.833 bits per heavy atom. The summed E-state index contributed by atoms with van der Waals surface area (Å²) in [4.78, 5) is 143. The Morgan fingerprint density at radius 2 is 1.50 bits per heavy atom. The Morgan fingerprint density at radius 3 is 2.16 bits per heavy atom. The lowest BCUT2D eigenvalue weighted by molar-refractivity contribution is -0.144. The van der Waals surface area contributed by atoms with Crippen LogP contribution < -0.4 is 31.7 Å². The Hall–Kier alpha value is -8.19. The molecule has 0 spiro atoms. The number of benzene rings is 2. The van der Waals surface area contributed by atoms with Gasteiger partial charge in [-0.2, -0.15) is 4.31 Å². The molecule has 34 heteroatoms. The number of hydrogen-bond donors (Lipinski definition) is 7. The van der Waals surface area contributed by atoms with Gasteiger partial charge in [0.15, 0.2) is 21.5 Å². The molecule has 0 aliphatic carbocycles. The Kier molecular flexibility index (Phi) is 25.9. The summed E-state index contributed by atoms with van der Waals surface area (Å²) in [6.07, 6.45) is 13.0. The van der Waals surface area contributed by atoms with Crippen LogP contribution in [0.3, 0.4) is 0 Å². The van der Waals surface area contributed by atoms with E-state index >= 15 is 4.39 Å². The van der Waals surface area contributed by atoms with Crippen LogP contribution in [0.2, 0.25) is 0 Å². The number of anilines is 2. The van der Waals surface area contributed by atoms with E-state index in [-0.39, 0.29) is 85.7 Å². The Labute approximate surface area is 592 Å². The molecule has 28 nitrogen and oxygen atoms in total. The van der Waals surface area contributed by atoms with Crippen molar-refractivity contribution in [1.29, 1.82) is 0 Å². The van der Waals surface area contributed by atoms with Gasteiger partial charge in [-0.05, 0) is 72.4 Å². The second kappa shape index (κ2) is 33.9. The van der Waals surface area contributed by atoms with Crippen molar-refractivity contribution in [1.82, 2.24) is 50.6 Å². The molecule has 1 saturated heterocycles. The van der Waals surface area contributed by atoms with E-state index in [1.165, 1.54) is 39.0 Å². The van der Waals surface area contributed by atoms with E-state index in [0.717, 1.165) is 70.5 Å². The van der Waals surface area contributed by atoms with Crippen LogP contribution in [0.25, 0.3) is 32.5 Å². The number of aromatic nitrogens is 4. The lowest BCUT2D eigenvalue weighted by Gasteiger charge is -2.35. The molecule has 3 aliphatic rings. The fourth-order valence-electron chi connectivity index (χ4n) is 12.5. The number of pyridine rings is 2. The predicted octanol–water partition coefficient (Wildman–Crippen LogP) is 8.74. The fourth-order valence-corrected chi connectivity index (χ4v) is 16.4. The number of amides is 7. The van der Waals surface area contributed by atoms with Gasteiger partial charge in [-0.1, -0.05) is 90.0 Å². The maximum Gasteiger partial charge on any atom is 0.481 e. The molecule has 102 heavy (non-hydrogen) atoms. The summed E-state index contributed by atoms with van der Waals surface area (Å²) in [6.45, 7) is 6.08. The quantitative estimate of drug-likeness (QED) is 0.0111. The van der Waals surface area contributed by atoms with Crippen molar-refractivity contribution < 1.29 is 83.0 Å². The maximum atomic E-state index is 15.6. The van der Waals surface area contributed by atoms with Crippen molar-refractivity contribution in [3.05, 3.63) is 129 Å². The lowest BCUT2D eigenvalue weighted by atomic mass is 9.85. The number of phosphoric acid groups is 2. The van der Waals surface area contributed by atoms with E-state index < -0.39 is 121 Å². The zero-order valence-electron chi connectivity index (χ0n) is 57.5. The highest BCUT2D eigenvalue weighted by Crippen LogP contribution is 2.61. The number of nitrogens with zero attached hydrogens (tertiary/aromatic N) is 6. The average molecular weight is 1490 g/mol. The van der Waals surface area contributed by atoms with Gasteiger partial charge < -0.3 is 50.4 Å². The second-order valence-electron chi connectivity index (χ2n) is 26.7. The molecule has 2 aromatic carbocycles. The third-order valence-electron chi connectivity index (χ3n) is 17.6. The van der Waals surface area contributed by atoms with Gasteiger partial charge in [-0.25, -0.2) is 36.3 Å². The molecule has 6 aromatic rings. The van der Waals surface area contributed by atoms with Gasteiger partial charge in [-0.15, -0.1) is 11.3 Å². The van der Waals surface area contributed by atoms with Crippen molar-refractivity contribution in [2.24, 2.45) is 12.5 Å². The maximum absolute atomic E-state index is 15.6. The highest BCUT2D eigenvalue weighted by atomic mass is 32.2. The number of fused-ring (bicyclic) bond motifs is 2. The number of sulfone groups is 1. The number of carbonyl (C=O) groups excluding carboxylic acids is 7. The number of H-pyrrole nitrogens is 1. The minimum atomic E-state index is -5.50.